The van der Waals surface area contributed by atoms with Gasteiger partial charge in [0.25, 0.3) is 0 Å². The molecule has 2 rings (SSSR count). The van der Waals surface area contributed by atoms with Crippen LogP contribution in [0.1, 0.15) is 36.5 Å². The Morgan fingerprint density at radius 1 is 1.42 bits per heavy atom. The minimum absolute atomic E-state index is 0.0820. The quantitative estimate of drug-likeness (QED) is 0.905. The van der Waals surface area contributed by atoms with Crippen LogP contribution in [0.25, 0.3) is 0 Å². The lowest BCUT2D eigenvalue weighted by atomic mass is 10.0. The molecule has 1 aliphatic heterocycles. The van der Waals surface area contributed by atoms with Crippen LogP contribution in [0.5, 0.6) is 0 Å². The summed E-state index contributed by atoms with van der Waals surface area (Å²) in [5.74, 6) is 0.0820. The van der Waals surface area contributed by atoms with Gasteiger partial charge in [-0.25, -0.2) is 0 Å². The van der Waals surface area contributed by atoms with E-state index in [0.717, 1.165) is 32.5 Å². The van der Waals surface area contributed by atoms with Crippen LogP contribution in [0, 0.1) is 13.8 Å². The molecule has 3 nitrogen and oxygen atoms in total. The number of nitrogens with zero attached hydrogens (tertiary/aromatic N) is 1. The number of carbonyl (C=O) groups excluding carboxylic acids is 1. The highest BCUT2D eigenvalue weighted by Crippen LogP contribution is 2.17. The van der Waals surface area contributed by atoms with Crippen LogP contribution in [0.2, 0.25) is 0 Å². The fourth-order valence-corrected chi connectivity index (χ4v) is 2.82. The van der Waals surface area contributed by atoms with Crippen molar-refractivity contribution in [3.63, 3.8) is 0 Å². The van der Waals surface area contributed by atoms with Crippen LogP contribution in [-0.2, 0) is 11.3 Å². The molecule has 1 atom stereocenters. The maximum absolute atomic E-state index is 11.1. The van der Waals surface area contributed by atoms with Gasteiger partial charge in [0.05, 0.1) is 0 Å². The van der Waals surface area contributed by atoms with Gasteiger partial charge in [-0.2, -0.15) is 0 Å². The number of hydrogen-bond donors (Lipinski definition) is 1. The summed E-state index contributed by atoms with van der Waals surface area (Å²) in [7, 11) is 0. The number of hydrogen-bond acceptors (Lipinski definition) is 2. The predicted octanol–water partition coefficient (Wildman–Crippen LogP) is 2.40. The van der Waals surface area contributed by atoms with Gasteiger partial charge in [0.15, 0.2) is 0 Å². The number of likely N-dealkylation sites (tertiary alicyclic amines) is 1. The standard InChI is InChI=1S/C16H24N2O/c1-12-6-7-13(2)15(9-12)10-18-8-4-5-16(11-18)17-14(3)19/h6-7,9,16H,4-5,8,10-11H2,1-3H3,(H,17,19). The molecule has 3 heteroatoms. The molecular weight excluding hydrogens is 236 g/mol. The first-order chi connectivity index (χ1) is 9.04. The van der Waals surface area contributed by atoms with Crippen LogP contribution >= 0.6 is 0 Å². The predicted molar refractivity (Wildman–Crippen MR) is 78.0 cm³/mol. The Labute approximate surface area is 116 Å². The molecular formula is C16H24N2O. The number of rotatable bonds is 3. The summed E-state index contributed by atoms with van der Waals surface area (Å²) in [5, 5.41) is 3.04. The molecule has 0 saturated carbocycles. The highest BCUT2D eigenvalue weighted by molar-refractivity contribution is 5.73. The molecule has 1 aliphatic rings. The smallest absolute Gasteiger partial charge is 0.217 e. The van der Waals surface area contributed by atoms with Gasteiger partial charge in [0, 0.05) is 26.1 Å². The summed E-state index contributed by atoms with van der Waals surface area (Å²) in [6, 6.07) is 6.95. The van der Waals surface area contributed by atoms with Crippen molar-refractivity contribution in [2.24, 2.45) is 0 Å². The van der Waals surface area contributed by atoms with Crippen molar-refractivity contribution in [1.29, 1.82) is 0 Å². The van der Waals surface area contributed by atoms with E-state index in [-0.39, 0.29) is 5.91 Å². The minimum Gasteiger partial charge on any atom is -0.352 e. The third kappa shape index (κ3) is 4.06. The Morgan fingerprint density at radius 3 is 2.95 bits per heavy atom. The van der Waals surface area contributed by atoms with E-state index in [4.69, 9.17) is 0 Å². The van der Waals surface area contributed by atoms with Crippen LogP contribution in [0.3, 0.4) is 0 Å². The Hall–Kier alpha value is -1.35. The lowest BCUT2D eigenvalue weighted by Crippen LogP contribution is -2.46. The zero-order chi connectivity index (χ0) is 13.8. The Bertz CT molecular complexity index is 456. The molecule has 1 fully saturated rings. The van der Waals surface area contributed by atoms with Gasteiger partial charge in [-0.05, 0) is 44.4 Å². The second kappa shape index (κ2) is 6.20. The monoisotopic (exact) mass is 260 g/mol. The highest BCUT2D eigenvalue weighted by Gasteiger charge is 2.20. The van der Waals surface area contributed by atoms with Gasteiger partial charge in [0.2, 0.25) is 5.91 Å². The first-order valence-electron chi connectivity index (χ1n) is 7.10. The second-order valence-electron chi connectivity index (χ2n) is 5.70. The highest BCUT2D eigenvalue weighted by atomic mass is 16.1. The number of benzene rings is 1. The Balaban J connectivity index is 1.98. The summed E-state index contributed by atoms with van der Waals surface area (Å²) < 4.78 is 0. The Morgan fingerprint density at radius 2 is 2.21 bits per heavy atom. The van der Waals surface area contributed by atoms with Gasteiger partial charge >= 0.3 is 0 Å². The van der Waals surface area contributed by atoms with Crippen LogP contribution in [0.15, 0.2) is 18.2 Å². The molecule has 1 unspecified atom stereocenters. The minimum atomic E-state index is 0.0820. The van der Waals surface area contributed by atoms with Crippen molar-refractivity contribution in [1.82, 2.24) is 10.2 Å². The second-order valence-corrected chi connectivity index (χ2v) is 5.70. The number of nitrogens with one attached hydrogen (secondary N) is 1. The SMILES string of the molecule is CC(=O)NC1CCCN(Cc2cc(C)ccc2C)C1. The Kier molecular flexibility index (Phi) is 4.59. The van der Waals surface area contributed by atoms with Gasteiger partial charge in [-0.1, -0.05) is 23.8 Å². The molecule has 0 spiro atoms. The van der Waals surface area contributed by atoms with E-state index in [2.05, 4.69) is 42.3 Å². The molecule has 19 heavy (non-hydrogen) atoms. The van der Waals surface area contributed by atoms with Gasteiger partial charge in [0.1, 0.15) is 0 Å². The summed E-state index contributed by atoms with van der Waals surface area (Å²) in [5.41, 5.74) is 4.08. The first kappa shape index (κ1) is 14.1. The van der Waals surface area contributed by atoms with E-state index in [0.29, 0.717) is 6.04 Å². The molecule has 104 valence electrons. The topological polar surface area (TPSA) is 32.3 Å². The van der Waals surface area contributed by atoms with Gasteiger partial charge in [-0.3, -0.25) is 9.69 Å². The average molecular weight is 260 g/mol. The molecule has 1 amide bonds. The fourth-order valence-electron chi connectivity index (χ4n) is 2.82. The van der Waals surface area contributed by atoms with E-state index in [1.54, 1.807) is 6.92 Å². The lowest BCUT2D eigenvalue weighted by Gasteiger charge is -2.33. The molecule has 0 aromatic heterocycles. The molecule has 1 aromatic rings. The van der Waals surface area contributed by atoms with E-state index in [1.165, 1.54) is 16.7 Å². The number of carbonyl (C=O) groups is 1. The summed E-state index contributed by atoms with van der Waals surface area (Å²) in [4.78, 5) is 13.6. The zero-order valence-corrected chi connectivity index (χ0v) is 12.2. The molecule has 1 aromatic carbocycles. The van der Waals surface area contributed by atoms with Gasteiger partial charge < -0.3 is 5.32 Å². The first-order valence-corrected chi connectivity index (χ1v) is 7.10. The summed E-state index contributed by atoms with van der Waals surface area (Å²) in [6.07, 6.45) is 2.26. The van der Waals surface area contributed by atoms with Crippen molar-refractivity contribution < 1.29 is 4.79 Å². The number of aryl methyl sites for hydroxylation is 2. The van der Waals surface area contributed by atoms with Crippen molar-refractivity contribution in [3.05, 3.63) is 34.9 Å². The normalized spacial score (nSPS) is 20.3. The third-order valence-electron chi connectivity index (χ3n) is 3.81. The zero-order valence-electron chi connectivity index (χ0n) is 12.2. The van der Waals surface area contributed by atoms with Crippen molar-refractivity contribution in [3.8, 4) is 0 Å². The summed E-state index contributed by atoms with van der Waals surface area (Å²) >= 11 is 0. The maximum atomic E-state index is 11.1. The molecule has 1 N–H and O–H groups in total. The average Bonchev–Trinajstić information content (AvgIpc) is 2.33. The van der Waals surface area contributed by atoms with Crippen LogP contribution in [0.4, 0.5) is 0 Å². The third-order valence-corrected chi connectivity index (χ3v) is 3.81. The molecule has 1 saturated heterocycles. The molecule has 0 aliphatic carbocycles. The summed E-state index contributed by atoms with van der Waals surface area (Å²) in [6.45, 7) is 8.99. The van der Waals surface area contributed by atoms with E-state index < -0.39 is 0 Å². The largest absolute Gasteiger partial charge is 0.352 e. The molecule has 0 radical (unpaired) electrons. The number of amides is 1. The van der Waals surface area contributed by atoms with Crippen LogP contribution in [-0.4, -0.2) is 29.9 Å². The number of piperidine rings is 1. The van der Waals surface area contributed by atoms with E-state index >= 15 is 0 Å². The molecule has 1 heterocycles. The molecule has 0 bridgehead atoms. The van der Waals surface area contributed by atoms with Crippen molar-refractivity contribution >= 4 is 5.91 Å². The van der Waals surface area contributed by atoms with Crippen LogP contribution < -0.4 is 5.32 Å². The van der Waals surface area contributed by atoms with E-state index in [1.807, 2.05) is 0 Å². The van der Waals surface area contributed by atoms with Crippen molar-refractivity contribution in [2.75, 3.05) is 13.1 Å². The van der Waals surface area contributed by atoms with E-state index in [9.17, 15) is 4.79 Å². The fraction of sp³-hybridized carbons (Fsp3) is 0.562. The maximum Gasteiger partial charge on any atom is 0.217 e. The lowest BCUT2D eigenvalue weighted by molar-refractivity contribution is -0.120. The van der Waals surface area contributed by atoms with Crippen molar-refractivity contribution in [2.45, 2.75) is 46.2 Å². The van der Waals surface area contributed by atoms with Gasteiger partial charge in [-0.15, -0.1) is 0 Å².